The number of hydrogen-bond acceptors (Lipinski definition) is 5. The van der Waals surface area contributed by atoms with Crippen LogP contribution in [0.4, 0.5) is 24.7 Å². The Morgan fingerprint density at radius 2 is 2.10 bits per heavy atom. The highest BCUT2D eigenvalue weighted by Gasteiger charge is 2.34. The van der Waals surface area contributed by atoms with Crippen molar-refractivity contribution in [3.05, 3.63) is 53.2 Å². The molecule has 29 heavy (non-hydrogen) atoms. The summed E-state index contributed by atoms with van der Waals surface area (Å²) in [5.74, 6) is -0.292. The smallest absolute Gasteiger partial charge is 0.393 e. The molecule has 0 aliphatic heterocycles. The van der Waals surface area contributed by atoms with Crippen LogP contribution in [0, 0.1) is 17.2 Å². The molecule has 1 aliphatic rings. The van der Waals surface area contributed by atoms with Crippen molar-refractivity contribution in [3.8, 4) is 6.07 Å². The Morgan fingerprint density at radius 1 is 1.31 bits per heavy atom. The molecule has 0 saturated heterocycles. The molecule has 1 saturated carbocycles. The van der Waals surface area contributed by atoms with Gasteiger partial charge in [0.2, 0.25) is 0 Å². The number of pyridine rings is 1. The van der Waals surface area contributed by atoms with E-state index in [1.54, 1.807) is 6.07 Å². The Hall–Kier alpha value is -3.12. The SMILES string of the molecule is N#Cc1ccc(NC(=O)c2cccnc2NCC2CCC[C@H]2O)cc1C(F)(F)F. The number of aromatic nitrogens is 1. The molecule has 1 fully saturated rings. The fourth-order valence-corrected chi connectivity index (χ4v) is 3.36. The van der Waals surface area contributed by atoms with Crippen LogP contribution < -0.4 is 10.6 Å². The number of anilines is 2. The van der Waals surface area contributed by atoms with Gasteiger partial charge in [0, 0.05) is 24.3 Å². The van der Waals surface area contributed by atoms with E-state index in [1.807, 2.05) is 0 Å². The summed E-state index contributed by atoms with van der Waals surface area (Å²) in [6.07, 6.45) is -1.08. The van der Waals surface area contributed by atoms with Crippen LogP contribution in [-0.4, -0.2) is 28.6 Å². The van der Waals surface area contributed by atoms with Gasteiger partial charge in [-0.15, -0.1) is 0 Å². The average Bonchev–Trinajstić information content (AvgIpc) is 3.10. The fourth-order valence-electron chi connectivity index (χ4n) is 3.36. The molecule has 9 heteroatoms. The van der Waals surface area contributed by atoms with Crippen LogP contribution in [0.25, 0.3) is 0 Å². The summed E-state index contributed by atoms with van der Waals surface area (Å²) in [6, 6.07) is 7.53. The number of carbonyl (C=O) groups is 1. The van der Waals surface area contributed by atoms with E-state index < -0.39 is 29.3 Å². The van der Waals surface area contributed by atoms with Crippen molar-refractivity contribution >= 4 is 17.4 Å². The Kier molecular flexibility index (Phi) is 6.03. The zero-order chi connectivity index (χ0) is 21.0. The number of aliphatic hydroxyl groups is 1. The van der Waals surface area contributed by atoms with Gasteiger partial charge in [0.1, 0.15) is 5.82 Å². The molecule has 1 unspecified atom stereocenters. The van der Waals surface area contributed by atoms with Crippen molar-refractivity contribution in [2.45, 2.75) is 31.5 Å². The number of benzene rings is 1. The minimum absolute atomic E-state index is 0.0563. The zero-order valence-electron chi connectivity index (χ0n) is 15.3. The number of amides is 1. The summed E-state index contributed by atoms with van der Waals surface area (Å²) >= 11 is 0. The van der Waals surface area contributed by atoms with Gasteiger partial charge in [0.15, 0.2) is 0 Å². The maximum Gasteiger partial charge on any atom is 0.417 e. The summed E-state index contributed by atoms with van der Waals surface area (Å²) in [6.45, 7) is 0.438. The van der Waals surface area contributed by atoms with Gasteiger partial charge in [-0.3, -0.25) is 4.79 Å². The van der Waals surface area contributed by atoms with Crippen molar-refractivity contribution in [2.24, 2.45) is 5.92 Å². The van der Waals surface area contributed by atoms with E-state index in [4.69, 9.17) is 5.26 Å². The number of rotatable bonds is 5. The molecular weight excluding hydrogens is 385 g/mol. The highest BCUT2D eigenvalue weighted by atomic mass is 19.4. The summed E-state index contributed by atoms with van der Waals surface area (Å²) in [5, 5.41) is 24.3. The van der Waals surface area contributed by atoms with Crippen molar-refractivity contribution in [3.63, 3.8) is 0 Å². The van der Waals surface area contributed by atoms with Crippen molar-refractivity contribution in [2.75, 3.05) is 17.2 Å². The summed E-state index contributed by atoms with van der Waals surface area (Å²) in [5.41, 5.74) is -1.55. The molecule has 1 aliphatic carbocycles. The summed E-state index contributed by atoms with van der Waals surface area (Å²) < 4.78 is 39.3. The second kappa shape index (κ2) is 8.49. The van der Waals surface area contributed by atoms with Crippen molar-refractivity contribution in [1.82, 2.24) is 4.98 Å². The molecule has 152 valence electrons. The van der Waals surface area contributed by atoms with Crippen LogP contribution in [0.3, 0.4) is 0 Å². The van der Waals surface area contributed by atoms with Gasteiger partial charge in [0.25, 0.3) is 5.91 Å². The molecule has 2 atom stereocenters. The first kappa shape index (κ1) is 20.6. The third-order valence-electron chi connectivity index (χ3n) is 4.91. The molecule has 1 aromatic carbocycles. The number of nitrogens with zero attached hydrogens (tertiary/aromatic N) is 2. The molecular formula is C20H19F3N4O2. The van der Waals surface area contributed by atoms with Crippen molar-refractivity contribution in [1.29, 1.82) is 5.26 Å². The van der Waals surface area contributed by atoms with Gasteiger partial charge in [-0.05, 0) is 43.2 Å². The van der Waals surface area contributed by atoms with E-state index in [0.29, 0.717) is 6.54 Å². The second-order valence-corrected chi connectivity index (χ2v) is 6.86. The highest BCUT2D eigenvalue weighted by Crippen LogP contribution is 2.33. The largest absolute Gasteiger partial charge is 0.417 e. The first-order valence-corrected chi connectivity index (χ1v) is 9.09. The predicted octanol–water partition coefficient (Wildman–Crippen LogP) is 3.80. The topological polar surface area (TPSA) is 98.0 Å². The zero-order valence-corrected chi connectivity index (χ0v) is 15.3. The first-order chi connectivity index (χ1) is 13.8. The maximum atomic E-state index is 13.1. The van der Waals surface area contributed by atoms with E-state index in [1.165, 1.54) is 24.4 Å². The molecule has 0 bridgehead atoms. The molecule has 3 N–H and O–H groups in total. The molecule has 1 heterocycles. The van der Waals surface area contributed by atoms with Crippen LogP contribution in [0.2, 0.25) is 0 Å². The lowest BCUT2D eigenvalue weighted by atomic mass is 10.1. The van der Waals surface area contributed by atoms with Crippen LogP contribution in [0.5, 0.6) is 0 Å². The van der Waals surface area contributed by atoms with Crippen LogP contribution in [0.1, 0.15) is 40.7 Å². The van der Waals surface area contributed by atoms with Gasteiger partial charge in [-0.25, -0.2) is 4.98 Å². The Balaban J connectivity index is 1.77. The molecule has 0 spiro atoms. The Morgan fingerprint density at radius 3 is 2.76 bits per heavy atom. The number of nitrogens with one attached hydrogen (secondary N) is 2. The molecule has 0 radical (unpaired) electrons. The standard InChI is InChI=1S/C20H19F3N4O2/c21-20(22,23)16-9-14(7-6-12(16)10-24)27-19(29)15-4-2-8-25-18(15)26-11-13-3-1-5-17(13)28/h2,4,6-9,13,17,28H,1,3,5,11H2,(H,25,26)(H,27,29)/t13?,17-/m1/s1. The Labute approximate surface area is 165 Å². The van der Waals surface area contributed by atoms with E-state index in [9.17, 15) is 23.1 Å². The van der Waals surface area contributed by atoms with E-state index in [0.717, 1.165) is 31.4 Å². The van der Waals surface area contributed by atoms with Gasteiger partial charge >= 0.3 is 6.18 Å². The van der Waals surface area contributed by atoms with Crippen LogP contribution in [0.15, 0.2) is 36.5 Å². The third kappa shape index (κ3) is 4.84. The fraction of sp³-hybridized carbons (Fsp3) is 0.350. The molecule has 1 amide bonds. The second-order valence-electron chi connectivity index (χ2n) is 6.86. The minimum atomic E-state index is -4.71. The molecule has 6 nitrogen and oxygen atoms in total. The third-order valence-corrected chi connectivity index (χ3v) is 4.91. The van der Waals surface area contributed by atoms with E-state index >= 15 is 0 Å². The summed E-state index contributed by atoms with van der Waals surface area (Å²) in [4.78, 5) is 16.8. The molecule has 1 aromatic heterocycles. The number of nitriles is 1. The Bertz CT molecular complexity index is 940. The lowest BCUT2D eigenvalue weighted by Gasteiger charge is -2.17. The molecule has 3 rings (SSSR count). The number of carbonyl (C=O) groups excluding carboxylic acids is 1. The quantitative estimate of drug-likeness (QED) is 0.704. The average molecular weight is 404 g/mol. The number of halogens is 3. The van der Waals surface area contributed by atoms with Gasteiger partial charge in [-0.1, -0.05) is 6.42 Å². The minimum Gasteiger partial charge on any atom is -0.393 e. The molecule has 2 aromatic rings. The van der Waals surface area contributed by atoms with Crippen molar-refractivity contribution < 1.29 is 23.1 Å². The monoisotopic (exact) mass is 404 g/mol. The van der Waals surface area contributed by atoms with Gasteiger partial charge in [-0.2, -0.15) is 18.4 Å². The lowest BCUT2D eigenvalue weighted by Crippen LogP contribution is -2.24. The summed E-state index contributed by atoms with van der Waals surface area (Å²) in [7, 11) is 0. The first-order valence-electron chi connectivity index (χ1n) is 9.09. The predicted molar refractivity (Wildman–Crippen MR) is 100 cm³/mol. The van der Waals surface area contributed by atoms with Gasteiger partial charge in [0.05, 0.1) is 28.9 Å². The van der Waals surface area contributed by atoms with E-state index in [2.05, 4.69) is 15.6 Å². The van der Waals surface area contributed by atoms with Gasteiger partial charge < -0.3 is 15.7 Å². The number of alkyl halides is 3. The van der Waals surface area contributed by atoms with Crippen LogP contribution in [-0.2, 0) is 6.18 Å². The highest BCUT2D eigenvalue weighted by molar-refractivity contribution is 6.07. The lowest BCUT2D eigenvalue weighted by molar-refractivity contribution is -0.137. The normalized spacial score (nSPS) is 18.9. The number of hydrogen-bond donors (Lipinski definition) is 3. The van der Waals surface area contributed by atoms with E-state index in [-0.39, 0.29) is 23.0 Å². The van der Waals surface area contributed by atoms with Crippen LogP contribution >= 0.6 is 0 Å². The maximum absolute atomic E-state index is 13.1. The number of aliphatic hydroxyl groups excluding tert-OH is 1.